The number of hydrogen-bond acceptors (Lipinski definition) is 2. The van der Waals surface area contributed by atoms with Crippen LogP contribution in [0.15, 0.2) is 0 Å². The maximum absolute atomic E-state index is 8.46. The predicted octanol–water partition coefficient (Wildman–Crippen LogP) is 0.319. The molecule has 0 amide bonds. The van der Waals surface area contributed by atoms with Gasteiger partial charge in [-0.15, -0.1) is 0 Å². The van der Waals surface area contributed by atoms with Crippen molar-refractivity contribution in [2.24, 2.45) is 0 Å². The van der Waals surface area contributed by atoms with Crippen LogP contribution in [0.2, 0.25) is 0 Å². The van der Waals surface area contributed by atoms with Crippen LogP contribution in [0.4, 0.5) is 0 Å². The molecule has 1 atom stereocenters. The molecule has 8 heavy (non-hydrogen) atoms. The minimum Gasteiger partial charge on any atom is -0.396 e. The van der Waals surface area contributed by atoms with Crippen LogP contribution in [0.5, 0.6) is 0 Å². The van der Waals surface area contributed by atoms with Gasteiger partial charge in [0.25, 0.3) is 0 Å². The normalized spacial score (nSPS) is 14.6. The van der Waals surface area contributed by atoms with Gasteiger partial charge in [-0.1, -0.05) is 0 Å². The Bertz CT molecular complexity index is 54.5. The first-order chi connectivity index (χ1) is 3.68. The molecule has 0 aliphatic carbocycles. The minimum absolute atomic E-state index is 0.291. The van der Waals surface area contributed by atoms with Crippen LogP contribution >= 0.6 is 0 Å². The molecule has 50 valence electrons. The Balaban J connectivity index is 3.17. The van der Waals surface area contributed by atoms with Gasteiger partial charge in [-0.05, 0) is 27.4 Å². The van der Waals surface area contributed by atoms with Crippen LogP contribution in [0.1, 0.15) is 13.3 Å². The second-order valence-corrected chi connectivity index (χ2v) is 2.32. The highest BCUT2D eigenvalue weighted by Crippen LogP contribution is 1.94. The second kappa shape index (κ2) is 3.87. The summed E-state index contributed by atoms with van der Waals surface area (Å²) in [5.74, 6) is 0. The molecule has 0 aromatic heterocycles. The van der Waals surface area contributed by atoms with E-state index in [9.17, 15) is 0 Å². The highest BCUT2D eigenvalue weighted by atomic mass is 16.3. The van der Waals surface area contributed by atoms with Crippen molar-refractivity contribution in [3.8, 4) is 0 Å². The minimum atomic E-state index is 0.291. The van der Waals surface area contributed by atoms with Gasteiger partial charge in [0, 0.05) is 12.6 Å². The van der Waals surface area contributed by atoms with E-state index in [1.54, 1.807) is 0 Å². The first-order valence-corrected chi connectivity index (χ1v) is 2.95. The molecule has 0 spiro atoms. The SMILES string of the molecule is CC(CCO)N(C)C. The van der Waals surface area contributed by atoms with E-state index in [-0.39, 0.29) is 0 Å². The highest BCUT2D eigenvalue weighted by molar-refractivity contribution is 4.56. The summed E-state index contributed by atoms with van der Waals surface area (Å²) in [4.78, 5) is 2.09. The van der Waals surface area contributed by atoms with Crippen molar-refractivity contribution in [1.29, 1.82) is 0 Å². The Labute approximate surface area is 51.1 Å². The molecule has 0 aromatic carbocycles. The number of rotatable bonds is 3. The number of aliphatic hydroxyl groups excluding tert-OH is 1. The first-order valence-electron chi connectivity index (χ1n) is 2.95. The summed E-state index contributed by atoms with van der Waals surface area (Å²) in [6, 6.07) is 0.500. The molecule has 0 saturated heterocycles. The average Bonchev–Trinajstić information content (AvgIpc) is 1.67. The smallest absolute Gasteiger partial charge is 0.0445 e. The first kappa shape index (κ1) is 7.92. The maximum Gasteiger partial charge on any atom is 0.0445 e. The van der Waals surface area contributed by atoms with Crippen molar-refractivity contribution in [1.82, 2.24) is 4.90 Å². The molecular weight excluding hydrogens is 102 g/mol. The Morgan fingerprint density at radius 1 is 1.50 bits per heavy atom. The van der Waals surface area contributed by atoms with Crippen molar-refractivity contribution in [3.63, 3.8) is 0 Å². The summed E-state index contributed by atoms with van der Waals surface area (Å²) in [6.45, 7) is 2.38. The predicted molar refractivity (Wildman–Crippen MR) is 34.9 cm³/mol. The lowest BCUT2D eigenvalue weighted by Gasteiger charge is -2.17. The molecule has 1 N–H and O–H groups in total. The van der Waals surface area contributed by atoms with E-state index in [1.165, 1.54) is 0 Å². The standard InChI is InChI=1S/C6H15NO/c1-6(4-5-8)7(2)3/h6,8H,4-5H2,1-3H3. The fourth-order valence-corrected chi connectivity index (χ4v) is 0.445. The van der Waals surface area contributed by atoms with E-state index in [1.807, 2.05) is 14.1 Å². The quantitative estimate of drug-likeness (QED) is 0.575. The monoisotopic (exact) mass is 117 g/mol. The van der Waals surface area contributed by atoms with E-state index < -0.39 is 0 Å². The molecule has 0 aliphatic heterocycles. The topological polar surface area (TPSA) is 23.5 Å². The zero-order valence-corrected chi connectivity index (χ0v) is 5.89. The second-order valence-electron chi connectivity index (χ2n) is 2.32. The lowest BCUT2D eigenvalue weighted by Crippen LogP contribution is -2.25. The summed E-state index contributed by atoms with van der Waals surface area (Å²) in [5.41, 5.74) is 0. The van der Waals surface area contributed by atoms with E-state index in [2.05, 4.69) is 11.8 Å². The van der Waals surface area contributed by atoms with Crippen LogP contribution in [0, 0.1) is 0 Å². The molecule has 0 radical (unpaired) electrons. The van der Waals surface area contributed by atoms with Gasteiger partial charge in [0.05, 0.1) is 0 Å². The van der Waals surface area contributed by atoms with Crippen molar-refractivity contribution in [3.05, 3.63) is 0 Å². The zero-order valence-electron chi connectivity index (χ0n) is 5.89. The van der Waals surface area contributed by atoms with Crippen LogP contribution in [-0.2, 0) is 0 Å². The summed E-state index contributed by atoms with van der Waals surface area (Å²) in [7, 11) is 4.03. The third kappa shape index (κ3) is 2.99. The van der Waals surface area contributed by atoms with Gasteiger partial charge >= 0.3 is 0 Å². The van der Waals surface area contributed by atoms with Crippen LogP contribution in [-0.4, -0.2) is 36.8 Å². The van der Waals surface area contributed by atoms with Gasteiger partial charge in [0.1, 0.15) is 0 Å². The van der Waals surface area contributed by atoms with E-state index >= 15 is 0 Å². The van der Waals surface area contributed by atoms with Gasteiger partial charge in [0.15, 0.2) is 0 Å². The molecule has 0 saturated carbocycles. The van der Waals surface area contributed by atoms with E-state index in [4.69, 9.17) is 5.11 Å². The molecule has 2 nitrogen and oxygen atoms in total. The molecule has 0 bridgehead atoms. The molecule has 0 rings (SSSR count). The fourth-order valence-electron chi connectivity index (χ4n) is 0.445. The molecule has 0 aliphatic rings. The Morgan fingerprint density at radius 2 is 2.00 bits per heavy atom. The molecule has 0 aromatic rings. The summed E-state index contributed by atoms with van der Waals surface area (Å²) in [6.07, 6.45) is 0.868. The summed E-state index contributed by atoms with van der Waals surface area (Å²) < 4.78 is 0. The van der Waals surface area contributed by atoms with Crippen LogP contribution < -0.4 is 0 Å². The van der Waals surface area contributed by atoms with E-state index in [0.717, 1.165) is 6.42 Å². The van der Waals surface area contributed by atoms with Crippen molar-refractivity contribution < 1.29 is 5.11 Å². The van der Waals surface area contributed by atoms with Crippen LogP contribution in [0.3, 0.4) is 0 Å². The van der Waals surface area contributed by atoms with Crippen molar-refractivity contribution >= 4 is 0 Å². The molecule has 0 heterocycles. The van der Waals surface area contributed by atoms with E-state index in [0.29, 0.717) is 12.6 Å². The summed E-state index contributed by atoms with van der Waals surface area (Å²) >= 11 is 0. The zero-order chi connectivity index (χ0) is 6.57. The van der Waals surface area contributed by atoms with Gasteiger partial charge in [-0.25, -0.2) is 0 Å². The van der Waals surface area contributed by atoms with Crippen molar-refractivity contribution in [2.45, 2.75) is 19.4 Å². The lowest BCUT2D eigenvalue weighted by molar-refractivity contribution is 0.220. The summed E-state index contributed by atoms with van der Waals surface area (Å²) in [5, 5.41) is 8.46. The average molecular weight is 117 g/mol. The van der Waals surface area contributed by atoms with Crippen LogP contribution in [0.25, 0.3) is 0 Å². The largest absolute Gasteiger partial charge is 0.396 e. The Morgan fingerprint density at radius 3 is 2.12 bits per heavy atom. The molecule has 1 unspecified atom stereocenters. The lowest BCUT2D eigenvalue weighted by atomic mass is 10.2. The van der Waals surface area contributed by atoms with Gasteiger partial charge in [-0.3, -0.25) is 0 Å². The Hall–Kier alpha value is -0.0800. The molecule has 2 heteroatoms. The third-order valence-electron chi connectivity index (χ3n) is 1.43. The van der Waals surface area contributed by atoms with Gasteiger partial charge in [0.2, 0.25) is 0 Å². The van der Waals surface area contributed by atoms with Crippen molar-refractivity contribution in [2.75, 3.05) is 20.7 Å². The maximum atomic E-state index is 8.46. The molecular formula is C6H15NO. The number of nitrogens with zero attached hydrogens (tertiary/aromatic N) is 1. The third-order valence-corrected chi connectivity index (χ3v) is 1.43. The highest BCUT2D eigenvalue weighted by Gasteiger charge is 2.00. The fraction of sp³-hybridized carbons (Fsp3) is 1.00. The van der Waals surface area contributed by atoms with Gasteiger partial charge < -0.3 is 10.0 Å². The van der Waals surface area contributed by atoms with Gasteiger partial charge in [-0.2, -0.15) is 0 Å². The molecule has 0 fully saturated rings. The Kier molecular flexibility index (Phi) is 3.83. The number of hydrogen-bond donors (Lipinski definition) is 1. The number of aliphatic hydroxyl groups is 1.